The Kier molecular flexibility index (Phi) is 3.88. The summed E-state index contributed by atoms with van der Waals surface area (Å²) in [6.45, 7) is 0.742. The SMILES string of the molecule is NC(Cc1ccc(Cl)c(Cl)c1)c1cccc2c1OCC2. The molecule has 104 valence electrons. The van der Waals surface area contributed by atoms with Crippen LogP contribution in [0.3, 0.4) is 0 Å². The van der Waals surface area contributed by atoms with Gasteiger partial charge in [-0.25, -0.2) is 0 Å². The number of nitrogens with two attached hydrogens (primary N) is 1. The van der Waals surface area contributed by atoms with Gasteiger partial charge in [0.2, 0.25) is 0 Å². The molecule has 0 fully saturated rings. The second kappa shape index (κ2) is 5.65. The van der Waals surface area contributed by atoms with Crippen molar-refractivity contribution in [2.45, 2.75) is 18.9 Å². The van der Waals surface area contributed by atoms with E-state index in [4.69, 9.17) is 33.7 Å². The maximum absolute atomic E-state index is 6.33. The number of hydrogen-bond donors (Lipinski definition) is 1. The highest BCUT2D eigenvalue weighted by Crippen LogP contribution is 2.34. The second-order valence-electron chi connectivity index (χ2n) is 4.99. The lowest BCUT2D eigenvalue weighted by Crippen LogP contribution is -2.14. The molecule has 3 rings (SSSR count). The van der Waals surface area contributed by atoms with Crippen LogP contribution in [0.5, 0.6) is 5.75 Å². The number of fused-ring (bicyclic) bond motifs is 1. The van der Waals surface area contributed by atoms with Crippen LogP contribution in [-0.4, -0.2) is 6.61 Å². The first-order valence-electron chi connectivity index (χ1n) is 6.59. The highest BCUT2D eigenvalue weighted by Gasteiger charge is 2.20. The van der Waals surface area contributed by atoms with Crippen molar-refractivity contribution < 1.29 is 4.74 Å². The van der Waals surface area contributed by atoms with Crippen LogP contribution in [0, 0.1) is 0 Å². The minimum Gasteiger partial charge on any atom is -0.493 e. The lowest BCUT2D eigenvalue weighted by molar-refractivity contribution is 0.351. The molecule has 2 nitrogen and oxygen atoms in total. The van der Waals surface area contributed by atoms with Crippen LogP contribution in [0.15, 0.2) is 36.4 Å². The third-order valence-corrected chi connectivity index (χ3v) is 4.32. The maximum atomic E-state index is 6.33. The summed E-state index contributed by atoms with van der Waals surface area (Å²) in [7, 11) is 0. The molecule has 2 aromatic rings. The Labute approximate surface area is 128 Å². The average molecular weight is 308 g/mol. The average Bonchev–Trinajstić information content (AvgIpc) is 2.91. The summed E-state index contributed by atoms with van der Waals surface area (Å²) in [5.74, 6) is 0.958. The van der Waals surface area contributed by atoms with Gasteiger partial charge in [-0.3, -0.25) is 0 Å². The summed E-state index contributed by atoms with van der Waals surface area (Å²) in [6, 6.07) is 11.7. The van der Waals surface area contributed by atoms with Crippen LogP contribution < -0.4 is 10.5 Å². The molecular formula is C16H15Cl2NO. The Morgan fingerprint density at radius 1 is 1.15 bits per heavy atom. The van der Waals surface area contributed by atoms with E-state index in [1.165, 1.54) is 5.56 Å². The van der Waals surface area contributed by atoms with E-state index in [-0.39, 0.29) is 6.04 Å². The van der Waals surface area contributed by atoms with E-state index in [0.717, 1.165) is 29.9 Å². The summed E-state index contributed by atoms with van der Waals surface area (Å²) in [5, 5.41) is 1.12. The Hall–Kier alpha value is -1.22. The van der Waals surface area contributed by atoms with Gasteiger partial charge in [0.05, 0.1) is 16.7 Å². The minimum absolute atomic E-state index is 0.111. The number of para-hydroxylation sites is 1. The third kappa shape index (κ3) is 2.64. The zero-order valence-corrected chi connectivity index (χ0v) is 12.4. The zero-order chi connectivity index (χ0) is 14.1. The Bertz CT molecular complexity index is 642. The molecule has 0 radical (unpaired) electrons. The van der Waals surface area contributed by atoms with Gasteiger partial charge in [0, 0.05) is 18.0 Å². The van der Waals surface area contributed by atoms with Gasteiger partial charge in [0.15, 0.2) is 0 Å². The van der Waals surface area contributed by atoms with Gasteiger partial charge in [0.25, 0.3) is 0 Å². The molecule has 1 aliphatic rings. The number of halogens is 2. The maximum Gasteiger partial charge on any atom is 0.127 e. The first-order chi connectivity index (χ1) is 9.65. The van der Waals surface area contributed by atoms with Crippen molar-refractivity contribution in [2.75, 3.05) is 6.61 Å². The normalized spacial score (nSPS) is 14.8. The standard InChI is InChI=1S/C16H15Cl2NO/c17-13-5-4-10(8-14(13)18)9-15(19)12-3-1-2-11-6-7-20-16(11)12/h1-5,8,15H,6-7,9,19H2. The number of benzene rings is 2. The van der Waals surface area contributed by atoms with Crippen molar-refractivity contribution in [3.63, 3.8) is 0 Å². The van der Waals surface area contributed by atoms with Crippen molar-refractivity contribution in [3.8, 4) is 5.75 Å². The van der Waals surface area contributed by atoms with Crippen LogP contribution >= 0.6 is 23.2 Å². The van der Waals surface area contributed by atoms with Gasteiger partial charge < -0.3 is 10.5 Å². The fourth-order valence-corrected chi connectivity index (χ4v) is 2.88. The fourth-order valence-electron chi connectivity index (χ4n) is 2.56. The van der Waals surface area contributed by atoms with Crippen molar-refractivity contribution in [1.82, 2.24) is 0 Å². The number of hydrogen-bond acceptors (Lipinski definition) is 2. The Morgan fingerprint density at radius 3 is 2.80 bits per heavy atom. The van der Waals surface area contributed by atoms with Crippen molar-refractivity contribution in [2.24, 2.45) is 5.73 Å². The predicted octanol–water partition coefficient (Wildman–Crippen LogP) is 4.17. The van der Waals surface area contributed by atoms with Gasteiger partial charge >= 0.3 is 0 Å². The molecule has 2 N–H and O–H groups in total. The summed E-state index contributed by atoms with van der Waals surface area (Å²) in [5.41, 5.74) is 9.71. The molecule has 0 saturated heterocycles. The monoisotopic (exact) mass is 307 g/mol. The molecule has 1 aliphatic heterocycles. The van der Waals surface area contributed by atoms with E-state index in [9.17, 15) is 0 Å². The molecule has 1 unspecified atom stereocenters. The molecule has 0 amide bonds. The van der Waals surface area contributed by atoms with Crippen LogP contribution in [0.1, 0.15) is 22.7 Å². The van der Waals surface area contributed by atoms with E-state index in [0.29, 0.717) is 16.5 Å². The lowest BCUT2D eigenvalue weighted by Gasteiger charge is -2.16. The van der Waals surface area contributed by atoms with E-state index >= 15 is 0 Å². The van der Waals surface area contributed by atoms with Crippen molar-refractivity contribution >= 4 is 23.2 Å². The van der Waals surface area contributed by atoms with Gasteiger partial charge in [-0.15, -0.1) is 0 Å². The lowest BCUT2D eigenvalue weighted by atomic mass is 9.97. The quantitative estimate of drug-likeness (QED) is 0.923. The summed E-state index contributed by atoms with van der Waals surface area (Å²) < 4.78 is 5.70. The van der Waals surface area contributed by atoms with Crippen LogP contribution in [0.4, 0.5) is 0 Å². The summed E-state index contributed by atoms with van der Waals surface area (Å²) in [4.78, 5) is 0. The molecule has 0 aromatic heterocycles. The smallest absolute Gasteiger partial charge is 0.127 e. The van der Waals surface area contributed by atoms with Gasteiger partial charge in [0.1, 0.15) is 5.75 Å². The number of rotatable bonds is 3. The molecule has 1 heterocycles. The topological polar surface area (TPSA) is 35.2 Å². The highest BCUT2D eigenvalue weighted by atomic mass is 35.5. The van der Waals surface area contributed by atoms with Crippen molar-refractivity contribution in [1.29, 1.82) is 0 Å². The first-order valence-corrected chi connectivity index (χ1v) is 7.35. The third-order valence-electron chi connectivity index (χ3n) is 3.58. The van der Waals surface area contributed by atoms with Gasteiger partial charge in [-0.1, -0.05) is 47.5 Å². The fraction of sp³-hybridized carbons (Fsp3) is 0.250. The molecule has 4 heteroatoms. The van der Waals surface area contributed by atoms with Gasteiger partial charge in [-0.2, -0.15) is 0 Å². The van der Waals surface area contributed by atoms with E-state index in [2.05, 4.69) is 6.07 Å². The molecule has 20 heavy (non-hydrogen) atoms. The molecule has 2 aromatic carbocycles. The van der Waals surface area contributed by atoms with Crippen molar-refractivity contribution in [3.05, 3.63) is 63.1 Å². The first kappa shape index (κ1) is 13.7. The zero-order valence-electron chi connectivity index (χ0n) is 10.9. The number of ether oxygens (including phenoxy) is 1. The molecule has 0 spiro atoms. The highest BCUT2D eigenvalue weighted by molar-refractivity contribution is 6.42. The van der Waals surface area contributed by atoms with Crippen LogP contribution in [0.25, 0.3) is 0 Å². The van der Waals surface area contributed by atoms with E-state index in [1.807, 2.05) is 24.3 Å². The molecule has 0 saturated carbocycles. The van der Waals surface area contributed by atoms with Gasteiger partial charge in [-0.05, 0) is 29.7 Å². The van der Waals surface area contributed by atoms with Crippen LogP contribution in [-0.2, 0) is 12.8 Å². The second-order valence-corrected chi connectivity index (χ2v) is 5.81. The summed E-state index contributed by atoms with van der Waals surface area (Å²) in [6.07, 6.45) is 1.67. The summed E-state index contributed by atoms with van der Waals surface area (Å²) >= 11 is 12.0. The van der Waals surface area contributed by atoms with E-state index in [1.54, 1.807) is 6.07 Å². The molecule has 1 atom stereocenters. The molecule has 0 aliphatic carbocycles. The Morgan fingerprint density at radius 2 is 2.00 bits per heavy atom. The largest absolute Gasteiger partial charge is 0.493 e. The molecular weight excluding hydrogens is 293 g/mol. The Balaban J connectivity index is 1.84. The van der Waals surface area contributed by atoms with Crippen LogP contribution in [0.2, 0.25) is 10.0 Å². The predicted molar refractivity (Wildman–Crippen MR) is 82.7 cm³/mol. The van der Waals surface area contributed by atoms with E-state index < -0.39 is 0 Å². The minimum atomic E-state index is -0.111. The molecule has 0 bridgehead atoms.